The summed E-state index contributed by atoms with van der Waals surface area (Å²) >= 11 is 0. The minimum absolute atomic E-state index is 0.115. The number of aromatic hydroxyl groups is 1. The first-order valence-corrected chi connectivity index (χ1v) is 10.5. The van der Waals surface area contributed by atoms with Crippen LogP contribution in [0, 0.1) is 0 Å². The number of para-hydroxylation sites is 2. The zero-order valence-electron chi connectivity index (χ0n) is 18.2. The normalized spacial score (nSPS) is 12.0. The lowest BCUT2D eigenvalue weighted by Crippen LogP contribution is -3.11. The van der Waals surface area contributed by atoms with E-state index in [2.05, 4.69) is 12.2 Å². The predicted molar refractivity (Wildman–Crippen MR) is 120 cm³/mol. The van der Waals surface area contributed by atoms with E-state index in [4.69, 9.17) is 9.15 Å². The highest BCUT2D eigenvalue weighted by molar-refractivity contribution is 5.93. The monoisotopic (exact) mass is 425 g/mol. The van der Waals surface area contributed by atoms with Gasteiger partial charge in [-0.1, -0.05) is 26.0 Å². The maximum Gasteiger partial charge on any atom is 0.336 e. The van der Waals surface area contributed by atoms with Crippen molar-refractivity contribution in [2.24, 2.45) is 0 Å². The highest BCUT2D eigenvalue weighted by Gasteiger charge is 2.19. The number of anilines is 1. The molecule has 1 atom stereocenters. The maximum atomic E-state index is 12.7. The summed E-state index contributed by atoms with van der Waals surface area (Å²) < 4.78 is 10.6. The van der Waals surface area contributed by atoms with Crippen molar-refractivity contribution in [1.82, 2.24) is 0 Å². The van der Waals surface area contributed by atoms with Gasteiger partial charge in [-0.3, -0.25) is 4.79 Å². The van der Waals surface area contributed by atoms with Gasteiger partial charge in [0.15, 0.2) is 6.54 Å². The summed E-state index contributed by atoms with van der Waals surface area (Å²) in [6.07, 6.45) is 1.55. The fourth-order valence-electron chi connectivity index (χ4n) is 3.77. The van der Waals surface area contributed by atoms with Crippen LogP contribution in [0.1, 0.15) is 31.4 Å². The van der Waals surface area contributed by atoms with Gasteiger partial charge in [0.25, 0.3) is 5.91 Å². The first-order valence-electron chi connectivity index (χ1n) is 10.5. The van der Waals surface area contributed by atoms with Gasteiger partial charge in [-0.25, -0.2) is 4.79 Å². The van der Waals surface area contributed by atoms with Gasteiger partial charge in [-0.2, -0.15) is 0 Å². The summed E-state index contributed by atoms with van der Waals surface area (Å²) in [5, 5.41) is 13.8. The molecule has 1 unspecified atom stereocenters. The van der Waals surface area contributed by atoms with E-state index in [1.54, 1.807) is 19.2 Å². The van der Waals surface area contributed by atoms with Crippen LogP contribution in [0.3, 0.4) is 0 Å². The molecule has 3 N–H and O–H groups in total. The Bertz CT molecular complexity index is 1120. The zero-order valence-corrected chi connectivity index (χ0v) is 18.2. The van der Waals surface area contributed by atoms with Crippen molar-refractivity contribution in [2.75, 3.05) is 25.5 Å². The molecule has 0 fully saturated rings. The van der Waals surface area contributed by atoms with Crippen molar-refractivity contribution in [3.8, 4) is 11.5 Å². The Balaban J connectivity index is 1.85. The van der Waals surface area contributed by atoms with Crippen LogP contribution in [0.2, 0.25) is 0 Å². The second-order valence-corrected chi connectivity index (χ2v) is 7.52. The fraction of sp³-hybridized carbons (Fsp3) is 0.333. The molecule has 0 radical (unpaired) electrons. The van der Waals surface area contributed by atoms with Crippen molar-refractivity contribution in [3.05, 3.63) is 64.0 Å². The Kier molecular flexibility index (Phi) is 7.31. The van der Waals surface area contributed by atoms with E-state index < -0.39 is 5.63 Å². The molecule has 3 aromatic rings. The quantitative estimate of drug-likeness (QED) is 0.458. The van der Waals surface area contributed by atoms with Crippen LogP contribution in [-0.4, -0.2) is 31.2 Å². The molecule has 0 saturated carbocycles. The third-order valence-electron chi connectivity index (χ3n) is 5.25. The number of quaternary nitrogens is 1. The van der Waals surface area contributed by atoms with Crippen molar-refractivity contribution >= 4 is 22.6 Å². The molecule has 0 saturated heterocycles. The molecular weight excluding hydrogens is 396 g/mol. The summed E-state index contributed by atoms with van der Waals surface area (Å²) in [6, 6.07) is 12.1. The lowest BCUT2D eigenvalue weighted by atomic mass is 10.0. The average molecular weight is 426 g/mol. The number of rotatable bonds is 9. The van der Waals surface area contributed by atoms with E-state index >= 15 is 0 Å². The summed E-state index contributed by atoms with van der Waals surface area (Å²) in [4.78, 5) is 25.8. The number of benzene rings is 2. The van der Waals surface area contributed by atoms with Crippen molar-refractivity contribution in [3.63, 3.8) is 0 Å². The number of ether oxygens (including phenoxy) is 1. The molecule has 0 aliphatic rings. The molecule has 164 valence electrons. The van der Waals surface area contributed by atoms with Crippen LogP contribution in [-0.2, 0) is 17.8 Å². The molecule has 0 bridgehead atoms. The Labute approximate surface area is 181 Å². The molecule has 3 rings (SSSR count). The molecule has 0 aliphatic carbocycles. The highest BCUT2D eigenvalue weighted by atomic mass is 16.5. The molecule has 7 heteroatoms. The molecule has 1 amide bonds. The van der Waals surface area contributed by atoms with E-state index in [1.165, 1.54) is 12.1 Å². The molecule has 7 nitrogen and oxygen atoms in total. The topological polar surface area (TPSA) is 93.2 Å². The fourth-order valence-corrected chi connectivity index (χ4v) is 3.77. The number of hydrogen-bond acceptors (Lipinski definition) is 5. The predicted octanol–water partition coefficient (Wildman–Crippen LogP) is 2.50. The average Bonchev–Trinajstić information content (AvgIpc) is 2.73. The van der Waals surface area contributed by atoms with E-state index in [1.807, 2.05) is 25.1 Å². The Morgan fingerprint density at radius 3 is 2.65 bits per heavy atom. The Hall–Kier alpha value is -3.32. The molecule has 0 spiro atoms. The Morgan fingerprint density at radius 1 is 1.16 bits per heavy atom. The standard InChI is InChI=1S/C24H28N2O5/c1-4-10-26(15-23(28)25-19-8-6-7-9-21(19)30-3)14-17-12-24(29)31-22-13-20(27)16(5-2)11-18(17)22/h6-9,11-13,27H,4-5,10,14-15H2,1-3H3,(H,25,28)/p+1. The third-order valence-corrected chi connectivity index (χ3v) is 5.25. The van der Waals surface area contributed by atoms with Gasteiger partial charge >= 0.3 is 5.63 Å². The largest absolute Gasteiger partial charge is 0.508 e. The summed E-state index contributed by atoms with van der Waals surface area (Å²) in [7, 11) is 1.56. The van der Waals surface area contributed by atoms with Crippen molar-refractivity contribution in [1.29, 1.82) is 0 Å². The zero-order chi connectivity index (χ0) is 22.4. The van der Waals surface area contributed by atoms with Crippen LogP contribution in [0.4, 0.5) is 5.69 Å². The number of nitrogens with one attached hydrogen (secondary N) is 2. The van der Waals surface area contributed by atoms with Crippen LogP contribution in [0.15, 0.2) is 51.7 Å². The number of carbonyl (C=O) groups is 1. The first-order chi connectivity index (χ1) is 14.9. The van der Waals surface area contributed by atoms with Crippen molar-refractivity contribution in [2.45, 2.75) is 33.2 Å². The lowest BCUT2D eigenvalue weighted by molar-refractivity contribution is -0.905. The molecule has 1 aromatic heterocycles. The van der Waals surface area contributed by atoms with Crippen molar-refractivity contribution < 1.29 is 24.0 Å². The van der Waals surface area contributed by atoms with Crippen LogP contribution in [0.25, 0.3) is 11.0 Å². The summed E-state index contributed by atoms with van der Waals surface area (Å²) in [5.74, 6) is 0.586. The number of hydrogen-bond donors (Lipinski definition) is 3. The van der Waals surface area contributed by atoms with Gasteiger partial charge in [-0.15, -0.1) is 0 Å². The van der Waals surface area contributed by atoms with E-state index in [0.717, 1.165) is 34.4 Å². The molecule has 0 aliphatic heterocycles. The van der Waals surface area contributed by atoms with Crippen LogP contribution < -0.4 is 20.6 Å². The van der Waals surface area contributed by atoms with Gasteiger partial charge in [-0.05, 0) is 36.6 Å². The highest BCUT2D eigenvalue weighted by Crippen LogP contribution is 2.26. The maximum absolute atomic E-state index is 12.7. The van der Waals surface area contributed by atoms with Gasteiger partial charge in [0, 0.05) is 23.1 Å². The molecule has 2 aromatic carbocycles. The number of methoxy groups -OCH3 is 1. The molecular formula is C24H29N2O5+. The molecule has 1 heterocycles. The van der Waals surface area contributed by atoms with E-state index in [-0.39, 0.29) is 18.2 Å². The number of amides is 1. The number of phenols is 1. The van der Waals surface area contributed by atoms with Gasteiger partial charge in [0.05, 0.1) is 19.3 Å². The first kappa shape index (κ1) is 22.4. The number of carbonyl (C=O) groups excluding carboxylic acids is 1. The van der Waals surface area contributed by atoms with Gasteiger partial charge in [0.2, 0.25) is 0 Å². The lowest BCUT2D eigenvalue weighted by Gasteiger charge is -2.20. The van der Waals surface area contributed by atoms with Gasteiger partial charge in [0.1, 0.15) is 23.6 Å². The van der Waals surface area contributed by atoms with Gasteiger partial charge < -0.3 is 24.5 Å². The van der Waals surface area contributed by atoms with E-state index in [9.17, 15) is 14.7 Å². The van der Waals surface area contributed by atoms with Crippen LogP contribution in [0.5, 0.6) is 11.5 Å². The van der Waals surface area contributed by atoms with E-state index in [0.29, 0.717) is 30.0 Å². The number of aryl methyl sites for hydroxylation is 1. The van der Waals surface area contributed by atoms with Crippen LogP contribution >= 0.6 is 0 Å². The second kappa shape index (κ2) is 10.1. The third kappa shape index (κ3) is 5.44. The smallest absolute Gasteiger partial charge is 0.336 e. The summed E-state index contributed by atoms with van der Waals surface area (Å²) in [5.41, 5.74) is 2.09. The minimum atomic E-state index is -0.472. The SMILES string of the molecule is CCC[NH+](CC(=O)Nc1ccccc1OC)Cc1cc(=O)oc2cc(O)c(CC)cc12. The summed E-state index contributed by atoms with van der Waals surface area (Å²) in [6.45, 7) is 5.51. The second-order valence-electron chi connectivity index (χ2n) is 7.52. The Morgan fingerprint density at radius 2 is 1.94 bits per heavy atom. The number of phenolic OH excluding ortho intramolecular Hbond substituents is 1. The molecule has 31 heavy (non-hydrogen) atoms. The minimum Gasteiger partial charge on any atom is -0.508 e. The number of fused-ring (bicyclic) bond motifs is 1.